The molecule has 0 saturated heterocycles. The zero-order valence-electron chi connectivity index (χ0n) is 20.7. The number of aromatic hydroxyl groups is 1. The minimum absolute atomic E-state index is 0.0334. The fraction of sp³-hybridized carbons (Fsp3) is 0.207. The maximum Gasteiger partial charge on any atom is 0.338 e. The van der Waals surface area contributed by atoms with Crippen molar-refractivity contribution in [1.82, 2.24) is 4.57 Å². The normalized spacial score (nSPS) is 15.4. The number of hydrogen-bond acceptors (Lipinski definition) is 7. The van der Waals surface area contributed by atoms with Gasteiger partial charge in [-0.15, -0.1) is 0 Å². The molecule has 0 amide bonds. The van der Waals surface area contributed by atoms with E-state index in [0.717, 1.165) is 16.3 Å². The summed E-state index contributed by atoms with van der Waals surface area (Å²) in [7, 11) is 0. The van der Waals surface area contributed by atoms with E-state index in [4.69, 9.17) is 9.47 Å². The van der Waals surface area contributed by atoms with Crippen LogP contribution in [0.5, 0.6) is 11.5 Å². The Bertz CT molecular complexity index is 1730. The van der Waals surface area contributed by atoms with Gasteiger partial charge in [0.05, 0.1) is 35.1 Å². The minimum atomic E-state index is -0.692. The van der Waals surface area contributed by atoms with E-state index in [9.17, 15) is 14.7 Å². The maximum absolute atomic E-state index is 13.9. The molecule has 1 N–H and O–H groups in total. The Labute approximate surface area is 217 Å². The Morgan fingerprint density at radius 3 is 2.68 bits per heavy atom. The Hall–Kier alpha value is -4.17. The molecule has 0 bridgehead atoms. The highest BCUT2D eigenvalue weighted by atomic mass is 32.1. The Kier molecular flexibility index (Phi) is 6.67. The number of carbonyl (C=O) groups is 1. The fourth-order valence-corrected chi connectivity index (χ4v) is 5.66. The van der Waals surface area contributed by atoms with Gasteiger partial charge in [0, 0.05) is 0 Å². The molecule has 3 aromatic carbocycles. The highest BCUT2D eigenvalue weighted by molar-refractivity contribution is 7.07. The summed E-state index contributed by atoms with van der Waals surface area (Å²) in [5.41, 5.74) is 2.14. The van der Waals surface area contributed by atoms with Gasteiger partial charge in [-0.25, -0.2) is 9.79 Å². The molecule has 0 unspecified atom stereocenters. The first-order valence-electron chi connectivity index (χ1n) is 12.1. The number of thiazole rings is 1. The van der Waals surface area contributed by atoms with Crippen molar-refractivity contribution in [2.24, 2.45) is 4.99 Å². The number of hydrogen-bond donors (Lipinski definition) is 1. The lowest BCUT2D eigenvalue weighted by molar-refractivity contribution is -0.139. The molecule has 0 aliphatic carbocycles. The van der Waals surface area contributed by atoms with E-state index in [2.05, 4.69) is 4.99 Å². The first kappa shape index (κ1) is 24.5. The second-order valence-corrected chi connectivity index (χ2v) is 9.54. The smallest absolute Gasteiger partial charge is 0.338 e. The van der Waals surface area contributed by atoms with Crippen LogP contribution in [0.15, 0.2) is 81.7 Å². The number of carbonyl (C=O) groups excluding carboxylic acids is 1. The molecule has 4 aromatic rings. The van der Waals surface area contributed by atoms with E-state index < -0.39 is 12.0 Å². The highest BCUT2D eigenvalue weighted by Gasteiger charge is 2.34. The first-order valence-corrected chi connectivity index (χ1v) is 12.9. The van der Waals surface area contributed by atoms with Gasteiger partial charge in [0.25, 0.3) is 5.56 Å². The number of allylic oxidation sites excluding steroid dienone is 1. The molecule has 2 heterocycles. The number of aromatic nitrogens is 1. The van der Waals surface area contributed by atoms with Crippen molar-refractivity contribution in [1.29, 1.82) is 0 Å². The number of nitrogens with zero attached hydrogens (tertiary/aromatic N) is 2. The molecular weight excluding hydrogens is 488 g/mol. The quantitative estimate of drug-likeness (QED) is 0.392. The Balaban J connectivity index is 1.76. The summed E-state index contributed by atoms with van der Waals surface area (Å²) >= 11 is 1.25. The lowest BCUT2D eigenvalue weighted by Crippen LogP contribution is -2.40. The maximum atomic E-state index is 13.9. The van der Waals surface area contributed by atoms with Crippen LogP contribution in [0.2, 0.25) is 0 Å². The highest BCUT2D eigenvalue weighted by Crippen LogP contribution is 2.35. The largest absolute Gasteiger partial charge is 0.504 e. The van der Waals surface area contributed by atoms with Crippen molar-refractivity contribution in [2.75, 3.05) is 13.2 Å². The van der Waals surface area contributed by atoms with Crippen LogP contribution in [-0.4, -0.2) is 28.9 Å². The van der Waals surface area contributed by atoms with Crippen molar-refractivity contribution in [2.45, 2.75) is 26.8 Å². The third-order valence-electron chi connectivity index (χ3n) is 6.22. The lowest BCUT2D eigenvalue weighted by atomic mass is 9.91. The van der Waals surface area contributed by atoms with Crippen LogP contribution in [-0.2, 0) is 9.53 Å². The van der Waals surface area contributed by atoms with Gasteiger partial charge in [0.1, 0.15) is 0 Å². The number of phenolic OH excluding ortho intramolecular Hbond substituents is 1. The summed E-state index contributed by atoms with van der Waals surface area (Å²) in [5.74, 6) is -0.111. The van der Waals surface area contributed by atoms with Crippen molar-refractivity contribution in [3.05, 3.63) is 103 Å². The van der Waals surface area contributed by atoms with Gasteiger partial charge < -0.3 is 14.6 Å². The van der Waals surface area contributed by atoms with Gasteiger partial charge in [-0.1, -0.05) is 59.9 Å². The SMILES string of the molecule is CCOC(=O)C1=C(C)N=c2sc(=Cc3ccc(O)c(OCC)c3)c(=O)n2[C@H]1c1cccc2ccccc12. The second-order valence-electron chi connectivity index (χ2n) is 8.53. The van der Waals surface area contributed by atoms with E-state index in [0.29, 0.717) is 38.5 Å². The third-order valence-corrected chi connectivity index (χ3v) is 7.20. The van der Waals surface area contributed by atoms with Crippen LogP contribution >= 0.6 is 11.3 Å². The van der Waals surface area contributed by atoms with Crippen LogP contribution in [0.1, 0.15) is 37.9 Å². The molecule has 1 atom stereocenters. The number of fused-ring (bicyclic) bond motifs is 2. The average molecular weight is 515 g/mol. The summed E-state index contributed by atoms with van der Waals surface area (Å²) in [6, 6.07) is 18.0. The van der Waals surface area contributed by atoms with Crippen LogP contribution < -0.4 is 19.6 Å². The average Bonchev–Trinajstić information content (AvgIpc) is 3.19. The van der Waals surface area contributed by atoms with Crippen molar-refractivity contribution < 1.29 is 19.4 Å². The zero-order valence-corrected chi connectivity index (χ0v) is 21.5. The minimum Gasteiger partial charge on any atom is -0.504 e. The lowest BCUT2D eigenvalue weighted by Gasteiger charge is -2.25. The number of phenols is 1. The van der Waals surface area contributed by atoms with E-state index >= 15 is 0 Å². The molecule has 5 rings (SSSR count). The molecule has 1 aliphatic heterocycles. The number of benzene rings is 3. The van der Waals surface area contributed by atoms with E-state index in [1.54, 1.807) is 36.6 Å². The van der Waals surface area contributed by atoms with Gasteiger partial charge in [-0.3, -0.25) is 9.36 Å². The molecule has 1 aliphatic rings. The van der Waals surface area contributed by atoms with Crippen molar-refractivity contribution >= 4 is 34.2 Å². The monoisotopic (exact) mass is 514 g/mol. The molecule has 0 saturated carbocycles. The third kappa shape index (κ3) is 4.44. The summed E-state index contributed by atoms with van der Waals surface area (Å²) in [5, 5.41) is 12.0. The number of ether oxygens (including phenoxy) is 2. The molecular formula is C29H26N2O5S. The van der Waals surface area contributed by atoms with Crippen LogP contribution in [0.3, 0.4) is 0 Å². The van der Waals surface area contributed by atoms with Crippen LogP contribution in [0.4, 0.5) is 0 Å². The molecule has 188 valence electrons. The summed E-state index contributed by atoms with van der Waals surface area (Å²) < 4.78 is 12.9. The molecule has 37 heavy (non-hydrogen) atoms. The molecule has 0 spiro atoms. The van der Waals surface area contributed by atoms with Gasteiger partial charge in [0.2, 0.25) is 0 Å². The summed E-state index contributed by atoms with van der Waals surface area (Å²) in [4.78, 5) is 32.2. The van der Waals surface area contributed by atoms with Gasteiger partial charge >= 0.3 is 5.97 Å². The standard InChI is InChI=1S/C29H26N2O5S/c1-4-35-23-15-18(13-14-22(23)32)16-24-27(33)31-26(21-12-8-10-19-9-6-7-11-20(19)21)25(28(34)36-5-2)17(3)30-29(31)37-24/h6-16,26,32H,4-5H2,1-3H3/t26-/m0/s1. The van der Waals surface area contributed by atoms with E-state index in [-0.39, 0.29) is 17.9 Å². The predicted molar refractivity (Wildman–Crippen MR) is 144 cm³/mol. The molecule has 0 fully saturated rings. The summed E-state index contributed by atoms with van der Waals surface area (Å²) in [6.45, 7) is 5.98. The fourth-order valence-electron chi connectivity index (χ4n) is 4.62. The molecule has 7 nitrogen and oxygen atoms in total. The second kappa shape index (κ2) is 10.1. The molecule has 1 aromatic heterocycles. The number of esters is 1. The topological polar surface area (TPSA) is 90.1 Å². The van der Waals surface area contributed by atoms with Crippen LogP contribution in [0.25, 0.3) is 16.8 Å². The first-order chi connectivity index (χ1) is 17.9. The van der Waals surface area contributed by atoms with Crippen molar-refractivity contribution in [3.8, 4) is 11.5 Å². The van der Waals surface area contributed by atoms with E-state index in [1.165, 1.54) is 17.4 Å². The Morgan fingerprint density at radius 1 is 1.11 bits per heavy atom. The molecule has 0 radical (unpaired) electrons. The van der Waals surface area contributed by atoms with E-state index in [1.807, 2.05) is 49.4 Å². The Morgan fingerprint density at radius 2 is 1.89 bits per heavy atom. The van der Waals surface area contributed by atoms with Gasteiger partial charge in [0.15, 0.2) is 16.3 Å². The van der Waals surface area contributed by atoms with Gasteiger partial charge in [-0.05, 0) is 60.9 Å². The zero-order chi connectivity index (χ0) is 26.1. The van der Waals surface area contributed by atoms with Crippen molar-refractivity contribution in [3.63, 3.8) is 0 Å². The number of rotatable bonds is 6. The van der Waals surface area contributed by atoms with Gasteiger partial charge in [-0.2, -0.15) is 0 Å². The van der Waals surface area contributed by atoms with Crippen LogP contribution in [0, 0.1) is 0 Å². The summed E-state index contributed by atoms with van der Waals surface area (Å²) in [6.07, 6.45) is 1.75. The molecule has 8 heteroatoms. The predicted octanol–water partition coefficient (Wildman–Crippen LogP) is 4.06.